The van der Waals surface area contributed by atoms with E-state index in [1.165, 1.54) is 24.0 Å². The van der Waals surface area contributed by atoms with Gasteiger partial charge in [0.2, 0.25) is 5.91 Å². The highest BCUT2D eigenvalue weighted by Gasteiger charge is 2.28. The highest BCUT2D eigenvalue weighted by atomic mass is 32.2. The number of anilines is 1. The smallest absolute Gasteiger partial charge is 0.296 e. The van der Waals surface area contributed by atoms with Crippen molar-refractivity contribution in [2.45, 2.75) is 29.7 Å². The van der Waals surface area contributed by atoms with Crippen LogP contribution in [0.1, 0.15) is 18.9 Å². The minimum atomic E-state index is -4.84. The Hall–Kier alpha value is -3.24. The van der Waals surface area contributed by atoms with Crippen molar-refractivity contribution < 1.29 is 40.3 Å². The Morgan fingerprint density at radius 3 is 2.14 bits per heavy atom. The molecule has 15 heteroatoms. The third kappa shape index (κ3) is 7.38. The third-order valence-corrected chi connectivity index (χ3v) is 6.82. The van der Waals surface area contributed by atoms with Gasteiger partial charge in [0.15, 0.2) is 0 Å². The van der Waals surface area contributed by atoms with Crippen molar-refractivity contribution in [3.63, 3.8) is 0 Å². The second-order valence-electron chi connectivity index (χ2n) is 7.86. The molecule has 0 atom stereocenters. The molecule has 3 N–H and O–H groups in total. The van der Waals surface area contributed by atoms with Gasteiger partial charge >= 0.3 is 0 Å². The highest BCUT2D eigenvalue weighted by Crippen LogP contribution is 2.36. The fourth-order valence-corrected chi connectivity index (χ4v) is 4.70. The molecule has 0 bridgehead atoms. The van der Waals surface area contributed by atoms with Crippen LogP contribution < -0.4 is 10.2 Å². The normalized spacial score (nSPS) is 14.7. The largest absolute Gasteiger partial charge is 0.378 e. The number of nitrogens with one attached hydrogen (secondary N) is 1. The number of ketones is 1. The van der Waals surface area contributed by atoms with Gasteiger partial charge in [-0.25, -0.2) is 0 Å². The van der Waals surface area contributed by atoms with Crippen LogP contribution in [0.3, 0.4) is 0 Å². The number of carbonyl (C=O) groups is 2. The molecule has 194 valence electrons. The van der Waals surface area contributed by atoms with Gasteiger partial charge in [-0.3, -0.25) is 18.7 Å². The first-order valence-corrected chi connectivity index (χ1v) is 13.4. The van der Waals surface area contributed by atoms with E-state index >= 15 is 0 Å². The summed E-state index contributed by atoms with van der Waals surface area (Å²) < 4.78 is 72.9. The van der Waals surface area contributed by atoms with Crippen LogP contribution in [0.2, 0.25) is 0 Å². The average Bonchev–Trinajstić information content (AvgIpc) is 2.80. The maximum Gasteiger partial charge on any atom is 0.296 e. The first-order chi connectivity index (χ1) is 16.8. The van der Waals surface area contributed by atoms with E-state index in [0.29, 0.717) is 5.56 Å². The van der Waals surface area contributed by atoms with Crippen LogP contribution in [0, 0.1) is 0 Å². The summed E-state index contributed by atoms with van der Waals surface area (Å²) >= 11 is 0. The summed E-state index contributed by atoms with van der Waals surface area (Å²) in [5.41, 5.74) is 0.319. The molecule has 0 unspecified atom stereocenters. The van der Waals surface area contributed by atoms with Crippen LogP contribution in [-0.4, -0.2) is 63.9 Å². The van der Waals surface area contributed by atoms with Gasteiger partial charge < -0.3 is 15.0 Å². The summed E-state index contributed by atoms with van der Waals surface area (Å²) in [5.74, 6) is -0.679. The topological polar surface area (TPSA) is 192 Å². The Morgan fingerprint density at radius 2 is 1.58 bits per heavy atom. The zero-order chi connectivity index (χ0) is 26.5. The van der Waals surface area contributed by atoms with E-state index in [9.17, 15) is 35.5 Å². The van der Waals surface area contributed by atoms with Crippen molar-refractivity contribution in [1.82, 2.24) is 5.32 Å². The van der Waals surface area contributed by atoms with Gasteiger partial charge in [-0.15, -0.1) is 5.11 Å². The number of amides is 1. The number of rotatable bonds is 9. The molecule has 1 amide bonds. The minimum Gasteiger partial charge on any atom is -0.378 e. The van der Waals surface area contributed by atoms with Crippen molar-refractivity contribution in [1.29, 1.82) is 0 Å². The molecule has 36 heavy (non-hydrogen) atoms. The van der Waals surface area contributed by atoms with Gasteiger partial charge in [0.25, 0.3) is 20.2 Å². The lowest BCUT2D eigenvalue weighted by Crippen LogP contribution is -2.37. The number of morpholine rings is 1. The Morgan fingerprint density at radius 1 is 0.972 bits per heavy atom. The lowest BCUT2D eigenvalue weighted by molar-refractivity contribution is -0.127. The first kappa shape index (κ1) is 27.3. The van der Waals surface area contributed by atoms with E-state index in [0.717, 1.165) is 12.1 Å². The molecule has 3 rings (SSSR count). The molecule has 2 aromatic rings. The monoisotopic (exact) mass is 540 g/mol. The number of carbonyl (C=O) groups excluding carboxylic acids is 2. The van der Waals surface area contributed by atoms with E-state index in [2.05, 4.69) is 15.5 Å². The van der Waals surface area contributed by atoms with Crippen LogP contribution in [-0.2, 0) is 41.1 Å². The van der Waals surface area contributed by atoms with Crippen molar-refractivity contribution in [2.24, 2.45) is 10.2 Å². The molecule has 2 aromatic carbocycles. The number of nitrogens with zero attached hydrogens (tertiary/aromatic N) is 3. The Kier molecular flexibility index (Phi) is 8.52. The second-order valence-corrected chi connectivity index (χ2v) is 10.6. The Labute approximate surface area is 207 Å². The van der Waals surface area contributed by atoms with E-state index in [-0.39, 0.29) is 56.4 Å². The zero-order valence-corrected chi connectivity index (χ0v) is 20.8. The molecule has 1 fully saturated rings. The van der Waals surface area contributed by atoms with Crippen LogP contribution in [0.25, 0.3) is 0 Å². The van der Waals surface area contributed by atoms with Gasteiger partial charge in [0, 0.05) is 19.6 Å². The molecule has 1 aliphatic rings. The fourth-order valence-electron chi connectivity index (χ4n) is 3.36. The number of azo groups is 1. The molecule has 1 saturated heterocycles. The maximum atomic E-state index is 12.1. The lowest BCUT2D eigenvalue weighted by atomic mass is 10.2. The van der Waals surface area contributed by atoms with Gasteiger partial charge in [0.05, 0.1) is 31.0 Å². The standard InChI is InChI=1S/C21H24N4O9S2/c1-14(26)10-21(27)22-13-15-2-4-16(5-3-15)23-24-17-11-20(36(31,32)33)18(12-19(17)35(28,29)30)25-6-8-34-9-7-25/h2-5,11-12H,6-10,13H2,1H3,(H,22,27)(H,28,29,30)(H,31,32,33). The van der Waals surface area contributed by atoms with Crippen LogP contribution >= 0.6 is 0 Å². The van der Waals surface area contributed by atoms with Crippen LogP contribution in [0.5, 0.6) is 0 Å². The van der Waals surface area contributed by atoms with Crippen molar-refractivity contribution in [3.8, 4) is 0 Å². The van der Waals surface area contributed by atoms with Gasteiger partial charge in [-0.2, -0.15) is 21.9 Å². The lowest BCUT2D eigenvalue weighted by Gasteiger charge is -2.30. The quantitative estimate of drug-likeness (QED) is 0.241. The summed E-state index contributed by atoms with van der Waals surface area (Å²) in [6.45, 7) is 2.44. The third-order valence-electron chi connectivity index (χ3n) is 5.06. The molecule has 0 aliphatic carbocycles. The summed E-state index contributed by atoms with van der Waals surface area (Å²) in [5, 5.41) is 10.3. The van der Waals surface area contributed by atoms with Gasteiger partial charge in [-0.1, -0.05) is 12.1 Å². The maximum absolute atomic E-state index is 12.1. The summed E-state index contributed by atoms with van der Waals surface area (Å²) in [7, 11) is -9.64. The van der Waals surface area contributed by atoms with E-state index in [1.54, 1.807) is 12.1 Å². The zero-order valence-electron chi connectivity index (χ0n) is 19.1. The molecule has 13 nitrogen and oxygen atoms in total. The van der Waals surface area contributed by atoms with Gasteiger partial charge in [-0.05, 0) is 36.8 Å². The molecule has 1 aliphatic heterocycles. The number of hydrogen-bond donors (Lipinski definition) is 3. The fraction of sp³-hybridized carbons (Fsp3) is 0.333. The summed E-state index contributed by atoms with van der Waals surface area (Å²) in [6, 6.07) is 7.98. The van der Waals surface area contributed by atoms with Crippen LogP contribution in [0.15, 0.2) is 56.4 Å². The van der Waals surface area contributed by atoms with Crippen molar-refractivity contribution >= 4 is 49.0 Å². The van der Waals surface area contributed by atoms with E-state index in [4.69, 9.17) is 4.74 Å². The number of benzene rings is 2. The Balaban J connectivity index is 1.91. The molecule has 0 aromatic heterocycles. The summed E-state index contributed by atoms with van der Waals surface area (Å²) in [6.07, 6.45) is -0.224. The second kappa shape index (κ2) is 11.2. The van der Waals surface area contributed by atoms with Gasteiger partial charge in [0.1, 0.15) is 21.3 Å². The first-order valence-electron chi connectivity index (χ1n) is 10.6. The predicted octanol–water partition coefficient (Wildman–Crippen LogP) is 2.03. The number of ether oxygens (including phenoxy) is 1. The highest BCUT2D eigenvalue weighted by molar-refractivity contribution is 7.86. The number of Topliss-reactive ketones (excluding diaryl/α,β-unsaturated/α-hetero) is 1. The molecule has 0 spiro atoms. The Bertz CT molecular complexity index is 1380. The molecule has 1 heterocycles. The van der Waals surface area contributed by atoms with Crippen molar-refractivity contribution in [2.75, 3.05) is 31.2 Å². The number of hydrogen-bond acceptors (Lipinski definition) is 10. The molecular formula is C21H24N4O9S2. The van der Waals surface area contributed by atoms with E-state index in [1.807, 2.05) is 0 Å². The average molecular weight is 541 g/mol. The van der Waals surface area contributed by atoms with Crippen LogP contribution in [0.4, 0.5) is 17.1 Å². The molecule has 0 radical (unpaired) electrons. The van der Waals surface area contributed by atoms with Crippen molar-refractivity contribution in [3.05, 3.63) is 42.0 Å². The minimum absolute atomic E-state index is 0.122. The molecule has 0 saturated carbocycles. The SMILES string of the molecule is CC(=O)CC(=O)NCc1ccc(N=Nc2cc(S(=O)(=O)O)c(N3CCOCC3)cc2S(=O)(=O)O)cc1. The van der Waals surface area contributed by atoms with E-state index < -0.39 is 41.6 Å². The predicted molar refractivity (Wildman–Crippen MR) is 127 cm³/mol. The molecular weight excluding hydrogens is 516 g/mol. The summed E-state index contributed by atoms with van der Waals surface area (Å²) in [4.78, 5) is 22.8.